The van der Waals surface area contributed by atoms with Crippen LogP contribution < -0.4 is 0 Å². The molecule has 3 nitrogen and oxygen atoms in total. The molecule has 0 aromatic carbocycles. The minimum atomic E-state index is 0.921. The Kier molecular flexibility index (Phi) is 1.35. The molecule has 11 heavy (non-hydrogen) atoms. The SMILES string of the molecule is CCc1nnc2ccccn12. The molecule has 56 valence electrons. The summed E-state index contributed by atoms with van der Waals surface area (Å²) in [6.45, 7) is 2.07. The maximum Gasteiger partial charge on any atom is 0.160 e. The number of aryl methyl sites for hydroxylation is 1. The highest BCUT2D eigenvalue weighted by Gasteiger charge is 1.99. The van der Waals surface area contributed by atoms with Crippen molar-refractivity contribution in [1.82, 2.24) is 14.6 Å². The van der Waals surface area contributed by atoms with E-state index in [0.717, 1.165) is 17.9 Å². The first kappa shape index (κ1) is 6.34. The van der Waals surface area contributed by atoms with Crippen molar-refractivity contribution >= 4 is 5.65 Å². The molecule has 0 amide bonds. The average Bonchev–Trinajstić information content (AvgIpc) is 2.47. The Bertz CT molecular complexity index is 364. The highest BCUT2D eigenvalue weighted by molar-refractivity contribution is 5.36. The highest BCUT2D eigenvalue weighted by Crippen LogP contribution is 2.02. The maximum absolute atomic E-state index is 4.03. The Morgan fingerprint density at radius 1 is 1.36 bits per heavy atom. The number of hydrogen-bond acceptors (Lipinski definition) is 2. The Hall–Kier alpha value is -1.38. The Morgan fingerprint density at radius 3 is 3.09 bits per heavy atom. The van der Waals surface area contributed by atoms with Crippen molar-refractivity contribution in [2.24, 2.45) is 0 Å². The smallest absolute Gasteiger partial charge is 0.160 e. The lowest BCUT2D eigenvalue weighted by Crippen LogP contribution is -1.90. The van der Waals surface area contributed by atoms with Gasteiger partial charge in [0.1, 0.15) is 5.82 Å². The van der Waals surface area contributed by atoms with Gasteiger partial charge in [0.2, 0.25) is 0 Å². The zero-order chi connectivity index (χ0) is 7.68. The van der Waals surface area contributed by atoms with Crippen molar-refractivity contribution in [1.29, 1.82) is 0 Å². The lowest BCUT2D eigenvalue weighted by atomic mass is 10.4. The number of pyridine rings is 1. The third-order valence-electron chi connectivity index (χ3n) is 1.70. The molecule has 0 aliphatic carbocycles. The van der Waals surface area contributed by atoms with Crippen LogP contribution in [0.15, 0.2) is 24.4 Å². The topological polar surface area (TPSA) is 30.2 Å². The van der Waals surface area contributed by atoms with Crippen LogP contribution >= 0.6 is 0 Å². The molecule has 0 saturated carbocycles. The normalized spacial score (nSPS) is 10.6. The van der Waals surface area contributed by atoms with Crippen molar-refractivity contribution in [3.8, 4) is 0 Å². The van der Waals surface area contributed by atoms with Crippen LogP contribution in [0.25, 0.3) is 5.65 Å². The third-order valence-corrected chi connectivity index (χ3v) is 1.70. The molecule has 2 rings (SSSR count). The van der Waals surface area contributed by atoms with Gasteiger partial charge in [-0.05, 0) is 12.1 Å². The molecule has 0 bridgehead atoms. The predicted molar refractivity (Wildman–Crippen MR) is 42.4 cm³/mol. The number of fused-ring (bicyclic) bond motifs is 1. The van der Waals surface area contributed by atoms with E-state index >= 15 is 0 Å². The van der Waals surface area contributed by atoms with Crippen LogP contribution in [0, 0.1) is 0 Å². The van der Waals surface area contributed by atoms with E-state index in [-0.39, 0.29) is 0 Å². The summed E-state index contributed by atoms with van der Waals surface area (Å²) in [5.41, 5.74) is 0.921. The van der Waals surface area contributed by atoms with Crippen LogP contribution in [0.4, 0.5) is 0 Å². The van der Waals surface area contributed by atoms with Crippen LogP contribution in [0.2, 0.25) is 0 Å². The second-order valence-corrected chi connectivity index (χ2v) is 2.40. The van der Waals surface area contributed by atoms with Crippen molar-refractivity contribution in [2.45, 2.75) is 13.3 Å². The lowest BCUT2D eigenvalue weighted by Gasteiger charge is -1.92. The van der Waals surface area contributed by atoms with Gasteiger partial charge in [0.05, 0.1) is 0 Å². The minimum Gasteiger partial charge on any atom is -0.286 e. The van der Waals surface area contributed by atoms with E-state index in [9.17, 15) is 0 Å². The van der Waals surface area contributed by atoms with Gasteiger partial charge in [-0.2, -0.15) is 0 Å². The van der Waals surface area contributed by atoms with Gasteiger partial charge in [-0.1, -0.05) is 13.0 Å². The molecule has 0 aliphatic rings. The number of nitrogens with zero attached hydrogens (tertiary/aromatic N) is 3. The highest BCUT2D eigenvalue weighted by atomic mass is 15.2. The monoisotopic (exact) mass is 147 g/mol. The van der Waals surface area contributed by atoms with Crippen LogP contribution in [0.1, 0.15) is 12.7 Å². The average molecular weight is 147 g/mol. The summed E-state index contributed by atoms with van der Waals surface area (Å²) in [7, 11) is 0. The molecule has 0 radical (unpaired) electrons. The lowest BCUT2D eigenvalue weighted by molar-refractivity contribution is 0.909. The van der Waals surface area contributed by atoms with Crippen molar-refractivity contribution < 1.29 is 0 Å². The summed E-state index contributed by atoms with van der Waals surface area (Å²) in [5, 5.41) is 8.03. The zero-order valence-electron chi connectivity index (χ0n) is 6.36. The van der Waals surface area contributed by atoms with Crippen LogP contribution in [-0.4, -0.2) is 14.6 Å². The van der Waals surface area contributed by atoms with Gasteiger partial charge < -0.3 is 0 Å². The van der Waals surface area contributed by atoms with E-state index in [1.165, 1.54) is 0 Å². The van der Waals surface area contributed by atoms with Crippen molar-refractivity contribution in [2.75, 3.05) is 0 Å². The first-order chi connectivity index (χ1) is 5.42. The zero-order valence-corrected chi connectivity index (χ0v) is 6.36. The Labute approximate surface area is 64.7 Å². The number of hydrogen-bond donors (Lipinski definition) is 0. The predicted octanol–water partition coefficient (Wildman–Crippen LogP) is 1.29. The summed E-state index contributed by atoms with van der Waals surface area (Å²) in [5.74, 6) is 1.01. The number of rotatable bonds is 1. The molecular weight excluding hydrogens is 138 g/mol. The molecule has 0 unspecified atom stereocenters. The fourth-order valence-electron chi connectivity index (χ4n) is 1.13. The van der Waals surface area contributed by atoms with Gasteiger partial charge in [0.15, 0.2) is 5.65 Å². The number of aromatic nitrogens is 3. The van der Waals surface area contributed by atoms with Gasteiger partial charge in [-0.3, -0.25) is 4.40 Å². The summed E-state index contributed by atoms with van der Waals surface area (Å²) < 4.78 is 2.00. The summed E-state index contributed by atoms with van der Waals surface area (Å²) >= 11 is 0. The molecule has 0 fully saturated rings. The molecule has 0 saturated heterocycles. The second kappa shape index (κ2) is 2.34. The first-order valence-electron chi connectivity index (χ1n) is 3.70. The van der Waals surface area contributed by atoms with E-state index in [4.69, 9.17) is 0 Å². The Morgan fingerprint density at radius 2 is 2.27 bits per heavy atom. The fourth-order valence-corrected chi connectivity index (χ4v) is 1.13. The van der Waals surface area contributed by atoms with E-state index in [1.807, 2.05) is 28.8 Å². The van der Waals surface area contributed by atoms with E-state index in [0.29, 0.717) is 0 Å². The molecule has 3 heteroatoms. The van der Waals surface area contributed by atoms with E-state index in [2.05, 4.69) is 17.1 Å². The third kappa shape index (κ3) is 0.888. The Balaban J connectivity index is 2.76. The molecule has 2 aromatic heterocycles. The molecule has 0 N–H and O–H groups in total. The standard InChI is InChI=1S/C8H9N3/c1-2-7-9-10-8-5-3-4-6-11(7)8/h3-6H,2H2,1H3. The quantitative estimate of drug-likeness (QED) is 0.608. The summed E-state index contributed by atoms with van der Waals surface area (Å²) in [6.07, 6.45) is 2.90. The molecule has 2 heterocycles. The van der Waals surface area contributed by atoms with E-state index < -0.39 is 0 Å². The van der Waals surface area contributed by atoms with Crippen molar-refractivity contribution in [3.05, 3.63) is 30.2 Å². The van der Waals surface area contributed by atoms with Crippen LogP contribution in [-0.2, 0) is 6.42 Å². The summed E-state index contributed by atoms with van der Waals surface area (Å²) in [6, 6.07) is 5.89. The van der Waals surface area contributed by atoms with Gasteiger partial charge in [0, 0.05) is 12.6 Å². The first-order valence-corrected chi connectivity index (χ1v) is 3.70. The molecule has 0 atom stereocenters. The van der Waals surface area contributed by atoms with Gasteiger partial charge in [-0.25, -0.2) is 0 Å². The van der Waals surface area contributed by atoms with Crippen LogP contribution in [0.5, 0.6) is 0 Å². The van der Waals surface area contributed by atoms with E-state index in [1.54, 1.807) is 0 Å². The minimum absolute atomic E-state index is 0.921. The fraction of sp³-hybridized carbons (Fsp3) is 0.250. The van der Waals surface area contributed by atoms with Gasteiger partial charge in [-0.15, -0.1) is 10.2 Å². The second-order valence-electron chi connectivity index (χ2n) is 2.40. The molecule has 2 aromatic rings. The largest absolute Gasteiger partial charge is 0.286 e. The molecular formula is C8H9N3. The summed E-state index contributed by atoms with van der Waals surface area (Å²) in [4.78, 5) is 0. The van der Waals surface area contributed by atoms with Gasteiger partial charge in [0.25, 0.3) is 0 Å². The van der Waals surface area contributed by atoms with Crippen molar-refractivity contribution in [3.63, 3.8) is 0 Å². The van der Waals surface area contributed by atoms with Crippen LogP contribution in [0.3, 0.4) is 0 Å². The molecule has 0 aliphatic heterocycles. The van der Waals surface area contributed by atoms with Gasteiger partial charge >= 0.3 is 0 Å². The maximum atomic E-state index is 4.03. The molecule has 0 spiro atoms.